The van der Waals surface area contributed by atoms with E-state index in [-0.39, 0.29) is 0 Å². The second-order valence-corrected chi connectivity index (χ2v) is 7.97. The third-order valence-corrected chi connectivity index (χ3v) is 6.23. The summed E-state index contributed by atoms with van der Waals surface area (Å²) in [7, 11) is 0. The number of aromatic nitrogens is 1. The molecule has 0 spiro atoms. The zero-order chi connectivity index (χ0) is 18.3. The van der Waals surface area contributed by atoms with Crippen molar-refractivity contribution in [3.8, 4) is 0 Å². The molecule has 0 saturated heterocycles. The SMILES string of the molecule is CCN1Cc2c(n(CCc3ccccc3C)c3ccc(Cl)cc23)CC1C. The highest BCUT2D eigenvalue weighted by atomic mass is 35.5. The molecule has 3 aromatic rings. The summed E-state index contributed by atoms with van der Waals surface area (Å²) >= 11 is 6.34. The fourth-order valence-corrected chi connectivity index (χ4v) is 4.60. The number of hydrogen-bond donors (Lipinski definition) is 0. The Hall–Kier alpha value is -1.77. The second-order valence-electron chi connectivity index (χ2n) is 7.53. The second kappa shape index (κ2) is 7.09. The quantitative estimate of drug-likeness (QED) is 0.582. The molecule has 0 fully saturated rings. The van der Waals surface area contributed by atoms with Crippen LogP contribution in [0.4, 0.5) is 0 Å². The van der Waals surface area contributed by atoms with Crippen LogP contribution in [-0.2, 0) is 25.9 Å². The Kier molecular flexibility index (Phi) is 4.81. The predicted molar refractivity (Wildman–Crippen MR) is 111 cm³/mol. The normalized spacial score (nSPS) is 17.6. The third kappa shape index (κ3) is 3.06. The first-order valence-corrected chi connectivity index (χ1v) is 10.0. The Bertz CT molecular complexity index is 941. The Labute approximate surface area is 161 Å². The highest BCUT2D eigenvalue weighted by Crippen LogP contribution is 2.34. The molecule has 136 valence electrons. The van der Waals surface area contributed by atoms with E-state index >= 15 is 0 Å². The van der Waals surface area contributed by atoms with Crippen molar-refractivity contribution in [2.24, 2.45) is 0 Å². The lowest BCUT2D eigenvalue weighted by Gasteiger charge is -2.33. The molecule has 3 heteroatoms. The number of nitrogens with zero attached hydrogens (tertiary/aromatic N) is 2. The van der Waals surface area contributed by atoms with Gasteiger partial charge in [0.25, 0.3) is 0 Å². The molecule has 1 aliphatic heterocycles. The summed E-state index contributed by atoms with van der Waals surface area (Å²) in [5.41, 5.74) is 7.14. The molecule has 1 aliphatic rings. The average Bonchev–Trinajstić information content (AvgIpc) is 2.92. The van der Waals surface area contributed by atoms with Crippen LogP contribution in [0.25, 0.3) is 10.9 Å². The topological polar surface area (TPSA) is 8.17 Å². The van der Waals surface area contributed by atoms with Gasteiger partial charge in [0.1, 0.15) is 0 Å². The van der Waals surface area contributed by atoms with Gasteiger partial charge in [-0.2, -0.15) is 0 Å². The molecule has 1 unspecified atom stereocenters. The molecular weight excluding hydrogens is 340 g/mol. The van der Waals surface area contributed by atoms with Crippen LogP contribution in [0.1, 0.15) is 36.2 Å². The summed E-state index contributed by atoms with van der Waals surface area (Å²) in [5.74, 6) is 0. The minimum atomic E-state index is 0.587. The van der Waals surface area contributed by atoms with Gasteiger partial charge >= 0.3 is 0 Å². The lowest BCUT2D eigenvalue weighted by atomic mass is 9.99. The minimum Gasteiger partial charge on any atom is -0.344 e. The van der Waals surface area contributed by atoms with Crippen molar-refractivity contribution in [3.63, 3.8) is 0 Å². The minimum absolute atomic E-state index is 0.587. The van der Waals surface area contributed by atoms with E-state index in [1.54, 1.807) is 0 Å². The summed E-state index contributed by atoms with van der Waals surface area (Å²) < 4.78 is 2.55. The van der Waals surface area contributed by atoms with Crippen molar-refractivity contribution in [2.75, 3.05) is 6.54 Å². The van der Waals surface area contributed by atoms with E-state index in [2.05, 4.69) is 66.6 Å². The van der Waals surface area contributed by atoms with Crippen LogP contribution >= 0.6 is 11.6 Å². The van der Waals surface area contributed by atoms with Gasteiger partial charge in [0, 0.05) is 47.2 Å². The lowest BCUT2D eigenvalue weighted by molar-refractivity contribution is 0.192. The Balaban J connectivity index is 1.77. The molecular formula is C23H27ClN2. The molecule has 2 heterocycles. The smallest absolute Gasteiger partial charge is 0.0487 e. The van der Waals surface area contributed by atoms with Crippen LogP contribution in [0.5, 0.6) is 0 Å². The first-order valence-electron chi connectivity index (χ1n) is 9.66. The molecule has 1 atom stereocenters. The van der Waals surface area contributed by atoms with Crippen LogP contribution in [0.2, 0.25) is 5.02 Å². The van der Waals surface area contributed by atoms with Gasteiger partial charge in [-0.3, -0.25) is 4.90 Å². The number of fused-ring (bicyclic) bond motifs is 3. The molecule has 4 rings (SSSR count). The summed E-state index contributed by atoms with van der Waals surface area (Å²) in [4.78, 5) is 2.56. The van der Waals surface area contributed by atoms with Gasteiger partial charge in [0.05, 0.1) is 0 Å². The van der Waals surface area contributed by atoms with E-state index in [4.69, 9.17) is 11.6 Å². The summed E-state index contributed by atoms with van der Waals surface area (Å²) in [5, 5.41) is 2.17. The highest BCUT2D eigenvalue weighted by Gasteiger charge is 2.27. The first-order chi connectivity index (χ1) is 12.6. The molecule has 0 aliphatic carbocycles. The van der Waals surface area contributed by atoms with Gasteiger partial charge in [0.15, 0.2) is 0 Å². The van der Waals surface area contributed by atoms with Crippen molar-refractivity contribution in [1.29, 1.82) is 0 Å². The van der Waals surface area contributed by atoms with Gasteiger partial charge in [0.2, 0.25) is 0 Å². The van der Waals surface area contributed by atoms with Crippen LogP contribution < -0.4 is 0 Å². The van der Waals surface area contributed by atoms with Gasteiger partial charge < -0.3 is 4.57 Å². The zero-order valence-corrected chi connectivity index (χ0v) is 16.7. The summed E-state index contributed by atoms with van der Waals surface area (Å²) in [6.07, 6.45) is 2.18. The first kappa shape index (κ1) is 17.6. The summed E-state index contributed by atoms with van der Waals surface area (Å²) in [6, 6.07) is 15.7. The fourth-order valence-electron chi connectivity index (χ4n) is 4.43. The Morgan fingerprint density at radius 3 is 2.73 bits per heavy atom. The molecule has 2 aromatic carbocycles. The molecule has 2 nitrogen and oxygen atoms in total. The van der Waals surface area contributed by atoms with E-state index in [1.165, 1.54) is 33.3 Å². The highest BCUT2D eigenvalue weighted by molar-refractivity contribution is 6.31. The summed E-state index contributed by atoms with van der Waals surface area (Å²) in [6.45, 7) is 9.96. The zero-order valence-electron chi connectivity index (χ0n) is 15.9. The number of likely N-dealkylation sites (N-methyl/N-ethyl adjacent to an activating group) is 1. The molecule has 0 saturated carbocycles. The molecule has 0 N–H and O–H groups in total. The lowest BCUT2D eigenvalue weighted by Crippen LogP contribution is -2.38. The van der Waals surface area contributed by atoms with E-state index in [0.717, 1.165) is 37.5 Å². The van der Waals surface area contributed by atoms with E-state index < -0.39 is 0 Å². The Morgan fingerprint density at radius 2 is 1.96 bits per heavy atom. The van der Waals surface area contributed by atoms with Gasteiger partial charge in [-0.25, -0.2) is 0 Å². The van der Waals surface area contributed by atoms with Crippen molar-refractivity contribution in [2.45, 2.75) is 52.7 Å². The van der Waals surface area contributed by atoms with Gasteiger partial charge in [-0.05, 0) is 61.7 Å². The van der Waals surface area contributed by atoms with Gasteiger partial charge in [-0.15, -0.1) is 0 Å². The fraction of sp³-hybridized carbons (Fsp3) is 0.391. The predicted octanol–water partition coefficient (Wildman–Crippen LogP) is 5.61. The largest absolute Gasteiger partial charge is 0.344 e. The van der Waals surface area contributed by atoms with E-state index in [0.29, 0.717) is 6.04 Å². The maximum atomic E-state index is 6.34. The number of benzene rings is 2. The third-order valence-electron chi connectivity index (χ3n) is 5.99. The molecule has 1 aromatic heterocycles. The maximum Gasteiger partial charge on any atom is 0.0487 e. The van der Waals surface area contributed by atoms with Crippen LogP contribution in [0.15, 0.2) is 42.5 Å². The number of aryl methyl sites for hydroxylation is 3. The van der Waals surface area contributed by atoms with Crippen LogP contribution in [-0.4, -0.2) is 22.1 Å². The standard InChI is InChI=1S/C23H27ClN2/c1-4-25-15-21-20-14-19(24)9-10-22(20)26(23(21)13-17(25)3)12-11-18-8-6-5-7-16(18)2/h5-10,14,17H,4,11-13,15H2,1-3H3. The van der Waals surface area contributed by atoms with Crippen molar-refractivity contribution in [3.05, 3.63) is 69.9 Å². The van der Waals surface area contributed by atoms with Crippen LogP contribution in [0.3, 0.4) is 0 Å². The van der Waals surface area contributed by atoms with Crippen molar-refractivity contribution < 1.29 is 0 Å². The Morgan fingerprint density at radius 1 is 1.15 bits per heavy atom. The van der Waals surface area contributed by atoms with Crippen molar-refractivity contribution in [1.82, 2.24) is 9.47 Å². The molecule has 26 heavy (non-hydrogen) atoms. The molecule has 0 amide bonds. The molecule has 0 radical (unpaired) electrons. The van der Waals surface area contributed by atoms with Gasteiger partial charge in [-0.1, -0.05) is 42.8 Å². The molecule has 0 bridgehead atoms. The number of rotatable bonds is 4. The number of hydrogen-bond acceptors (Lipinski definition) is 1. The van der Waals surface area contributed by atoms with E-state index in [9.17, 15) is 0 Å². The average molecular weight is 367 g/mol. The van der Waals surface area contributed by atoms with Crippen molar-refractivity contribution >= 4 is 22.5 Å². The van der Waals surface area contributed by atoms with E-state index in [1.807, 2.05) is 6.07 Å². The monoisotopic (exact) mass is 366 g/mol. The number of halogens is 1. The maximum absolute atomic E-state index is 6.34. The van der Waals surface area contributed by atoms with Crippen LogP contribution in [0, 0.1) is 6.92 Å².